The second-order valence-corrected chi connectivity index (χ2v) is 7.12. The predicted molar refractivity (Wildman–Crippen MR) is 78.8 cm³/mol. The molecule has 1 rings (SSSR count). The molecule has 1 heterocycles. The van der Waals surface area contributed by atoms with E-state index in [2.05, 4.69) is 9.71 Å². The molecule has 1 N–H and O–H groups in total. The van der Waals surface area contributed by atoms with Crippen LogP contribution in [0, 0.1) is 5.92 Å². The minimum absolute atomic E-state index is 0.0858. The fraction of sp³-hybridized carbons (Fsp3) is 0.615. The van der Waals surface area contributed by atoms with Crippen LogP contribution in [0.1, 0.15) is 25.8 Å². The number of aromatic nitrogens is 1. The van der Waals surface area contributed by atoms with Crippen molar-refractivity contribution in [2.45, 2.75) is 32.7 Å². The van der Waals surface area contributed by atoms with E-state index in [1.807, 2.05) is 26.0 Å². The molecule has 6 heteroatoms. The van der Waals surface area contributed by atoms with Gasteiger partial charge in [-0.15, -0.1) is 11.6 Å². The molecule has 0 aliphatic heterocycles. The van der Waals surface area contributed by atoms with Gasteiger partial charge in [0.15, 0.2) is 0 Å². The number of hydrogen-bond donors (Lipinski definition) is 1. The highest BCUT2D eigenvalue weighted by Crippen LogP contribution is 2.09. The molecular formula is C13H21ClN2O2S. The van der Waals surface area contributed by atoms with Crippen LogP contribution in [0.2, 0.25) is 0 Å². The molecule has 108 valence electrons. The van der Waals surface area contributed by atoms with E-state index in [1.165, 1.54) is 0 Å². The topological polar surface area (TPSA) is 59.1 Å². The van der Waals surface area contributed by atoms with E-state index < -0.39 is 10.0 Å². The number of nitrogens with zero attached hydrogens (tertiary/aromatic N) is 1. The Hall–Kier alpha value is -0.650. The Morgan fingerprint density at radius 2 is 1.95 bits per heavy atom. The molecule has 0 aromatic carbocycles. The zero-order valence-corrected chi connectivity index (χ0v) is 12.9. The van der Waals surface area contributed by atoms with Gasteiger partial charge < -0.3 is 0 Å². The molecule has 0 spiro atoms. The SMILES string of the molecule is CC(C)C(CCCl)NS(=O)(=O)CCc1ccncc1. The molecule has 0 amide bonds. The average molecular weight is 305 g/mol. The van der Waals surface area contributed by atoms with Crippen LogP contribution >= 0.6 is 11.6 Å². The van der Waals surface area contributed by atoms with E-state index in [0.29, 0.717) is 18.7 Å². The first-order chi connectivity index (χ1) is 8.94. The quantitative estimate of drug-likeness (QED) is 0.749. The van der Waals surface area contributed by atoms with Gasteiger partial charge in [0.1, 0.15) is 0 Å². The summed E-state index contributed by atoms with van der Waals surface area (Å²) in [5, 5.41) is 0. The minimum atomic E-state index is -3.28. The Balaban J connectivity index is 2.56. The van der Waals surface area contributed by atoms with Crippen LogP contribution in [0.25, 0.3) is 0 Å². The number of alkyl halides is 1. The first kappa shape index (κ1) is 16.4. The van der Waals surface area contributed by atoms with Crippen molar-refractivity contribution in [1.29, 1.82) is 0 Å². The summed E-state index contributed by atoms with van der Waals surface area (Å²) in [6.07, 6.45) is 4.47. The Labute approximate surface area is 120 Å². The van der Waals surface area contributed by atoms with Crippen molar-refractivity contribution in [2.24, 2.45) is 5.92 Å². The molecule has 0 aliphatic carbocycles. The maximum atomic E-state index is 12.0. The van der Waals surface area contributed by atoms with Crippen molar-refractivity contribution < 1.29 is 8.42 Å². The van der Waals surface area contributed by atoms with Crippen LogP contribution in [0.15, 0.2) is 24.5 Å². The van der Waals surface area contributed by atoms with E-state index >= 15 is 0 Å². The lowest BCUT2D eigenvalue weighted by molar-refractivity contribution is 0.439. The summed E-state index contributed by atoms with van der Waals surface area (Å²) >= 11 is 5.70. The third-order valence-corrected chi connectivity index (χ3v) is 4.59. The lowest BCUT2D eigenvalue weighted by Gasteiger charge is -2.21. The molecule has 1 atom stereocenters. The summed E-state index contributed by atoms with van der Waals surface area (Å²) in [7, 11) is -3.28. The summed E-state index contributed by atoms with van der Waals surface area (Å²) in [5.74, 6) is 0.771. The highest BCUT2D eigenvalue weighted by atomic mass is 35.5. The van der Waals surface area contributed by atoms with Gasteiger partial charge in [0.25, 0.3) is 0 Å². The molecule has 0 aliphatic rings. The van der Waals surface area contributed by atoms with Crippen LogP contribution in [0.4, 0.5) is 0 Å². The maximum absolute atomic E-state index is 12.0. The summed E-state index contributed by atoms with van der Waals surface area (Å²) in [6.45, 7) is 3.98. The maximum Gasteiger partial charge on any atom is 0.212 e. The van der Waals surface area contributed by atoms with Crippen LogP contribution in [-0.2, 0) is 16.4 Å². The number of halogens is 1. The van der Waals surface area contributed by atoms with E-state index in [1.54, 1.807) is 12.4 Å². The highest BCUT2D eigenvalue weighted by molar-refractivity contribution is 7.89. The third-order valence-electron chi connectivity index (χ3n) is 2.96. The summed E-state index contributed by atoms with van der Waals surface area (Å²) < 4.78 is 26.8. The molecular weight excluding hydrogens is 284 g/mol. The summed E-state index contributed by atoms with van der Waals surface area (Å²) in [5.41, 5.74) is 0.971. The van der Waals surface area contributed by atoms with E-state index in [9.17, 15) is 8.42 Å². The first-order valence-electron chi connectivity index (χ1n) is 6.39. The number of pyridine rings is 1. The van der Waals surface area contributed by atoms with E-state index in [0.717, 1.165) is 5.56 Å². The second kappa shape index (κ2) is 7.82. The van der Waals surface area contributed by atoms with Crippen LogP contribution < -0.4 is 4.72 Å². The smallest absolute Gasteiger partial charge is 0.212 e. The van der Waals surface area contributed by atoms with Gasteiger partial charge in [-0.05, 0) is 36.5 Å². The van der Waals surface area contributed by atoms with Gasteiger partial charge in [-0.1, -0.05) is 13.8 Å². The fourth-order valence-corrected chi connectivity index (χ4v) is 3.45. The van der Waals surface area contributed by atoms with Gasteiger partial charge in [-0.2, -0.15) is 0 Å². The molecule has 0 bridgehead atoms. The van der Waals surface area contributed by atoms with E-state index in [4.69, 9.17) is 11.6 Å². The monoisotopic (exact) mass is 304 g/mol. The lowest BCUT2D eigenvalue weighted by atomic mass is 10.0. The van der Waals surface area contributed by atoms with Gasteiger partial charge in [-0.3, -0.25) is 4.98 Å². The second-order valence-electron chi connectivity index (χ2n) is 4.87. The van der Waals surface area contributed by atoms with E-state index in [-0.39, 0.29) is 17.7 Å². The van der Waals surface area contributed by atoms with Gasteiger partial charge in [-0.25, -0.2) is 13.1 Å². The first-order valence-corrected chi connectivity index (χ1v) is 8.58. The molecule has 19 heavy (non-hydrogen) atoms. The number of sulfonamides is 1. The Morgan fingerprint density at radius 3 is 2.47 bits per heavy atom. The van der Waals surface area contributed by atoms with Gasteiger partial charge >= 0.3 is 0 Å². The van der Waals surface area contributed by atoms with Crippen molar-refractivity contribution in [1.82, 2.24) is 9.71 Å². The number of aryl methyl sites for hydroxylation is 1. The van der Waals surface area contributed by atoms with Crippen molar-refractivity contribution in [3.63, 3.8) is 0 Å². The van der Waals surface area contributed by atoms with Crippen LogP contribution in [0.5, 0.6) is 0 Å². The van der Waals surface area contributed by atoms with Gasteiger partial charge in [0.2, 0.25) is 10.0 Å². The zero-order chi connectivity index (χ0) is 14.3. The zero-order valence-electron chi connectivity index (χ0n) is 11.3. The average Bonchev–Trinajstić information content (AvgIpc) is 2.37. The Bertz CT molecular complexity index is 463. The summed E-state index contributed by atoms with van der Waals surface area (Å²) in [4.78, 5) is 3.91. The molecule has 1 aromatic rings. The van der Waals surface area contributed by atoms with Crippen LogP contribution in [0.3, 0.4) is 0 Å². The fourth-order valence-electron chi connectivity index (χ4n) is 1.74. The largest absolute Gasteiger partial charge is 0.265 e. The van der Waals surface area contributed by atoms with Crippen molar-refractivity contribution >= 4 is 21.6 Å². The number of hydrogen-bond acceptors (Lipinski definition) is 3. The van der Waals surface area contributed by atoms with Gasteiger partial charge in [0, 0.05) is 24.3 Å². The normalized spacial score (nSPS) is 13.7. The summed E-state index contributed by atoms with van der Waals surface area (Å²) in [6, 6.07) is 3.56. The van der Waals surface area contributed by atoms with Gasteiger partial charge in [0.05, 0.1) is 5.75 Å². The predicted octanol–water partition coefficient (Wildman–Crippen LogP) is 2.20. The Kier molecular flexibility index (Phi) is 6.75. The molecule has 1 unspecified atom stereocenters. The molecule has 0 fully saturated rings. The third kappa shape index (κ3) is 6.36. The number of nitrogens with one attached hydrogen (secondary N) is 1. The minimum Gasteiger partial charge on any atom is -0.265 e. The highest BCUT2D eigenvalue weighted by Gasteiger charge is 2.20. The molecule has 4 nitrogen and oxygen atoms in total. The molecule has 0 saturated carbocycles. The van der Waals surface area contributed by atoms with Crippen molar-refractivity contribution in [3.8, 4) is 0 Å². The molecule has 0 saturated heterocycles. The standard InChI is InChI=1S/C13H21ClN2O2S/c1-11(2)13(3-7-14)16-19(17,18)10-6-12-4-8-15-9-5-12/h4-5,8-9,11,13,16H,3,6-7,10H2,1-2H3. The Morgan fingerprint density at radius 1 is 1.32 bits per heavy atom. The molecule has 0 radical (unpaired) electrons. The van der Waals surface area contributed by atoms with Crippen molar-refractivity contribution in [3.05, 3.63) is 30.1 Å². The lowest BCUT2D eigenvalue weighted by Crippen LogP contribution is -2.40. The number of rotatable bonds is 8. The van der Waals surface area contributed by atoms with Crippen LogP contribution in [-0.4, -0.2) is 31.1 Å². The van der Waals surface area contributed by atoms with Crippen molar-refractivity contribution in [2.75, 3.05) is 11.6 Å². The molecule has 1 aromatic heterocycles.